The van der Waals surface area contributed by atoms with E-state index in [-0.39, 0.29) is 6.04 Å². The van der Waals surface area contributed by atoms with Crippen molar-refractivity contribution >= 4 is 15.9 Å². The van der Waals surface area contributed by atoms with Gasteiger partial charge < -0.3 is 5.32 Å². The van der Waals surface area contributed by atoms with Crippen molar-refractivity contribution in [3.8, 4) is 0 Å². The van der Waals surface area contributed by atoms with Gasteiger partial charge in [-0.05, 0) is 37.2 Å². The molecule has 1 heterocycles. The molecule has 0 saturated carbocycles. The number of benzene rings is 1. The summed E-state index contributed by atoms with van der Waals surface area (Å²) in [5.41, 5.74) is 3.57. The van der Waals surface area contributed by atoms with Crippen molar-refractivity contribution in [1.29, 1.82) is 0 Å². The summed E-state index contributed by atoms with van der Waals surface area (Å²) in [5, 5.41) is 3.35. The summed E-state index contributed by atoms with van der Waals surface area (Å²) in [6.45, 7) is 2.06. The molecule has 0 saturated heterocycles. The van der Waals surface area contributed by atoms with Crippen molar-refractivity contribution in [2.24, 2.45) is 0 Å². The average molecular weight is 305 g/mol. The van der Waals surface area contributed by atoms with Crippen molar-refractivity contribution in [1.82, 2.24) is 10.3 Å². The second kappa shape index (κ2) is 6.12. The molecule has 0 amide bonds. The van der Waals surface area contributed by atoms with Crippen molar-refractivity contribution in [2.75, 3.05) is 7.05 Å². The fraction of sp³-hybridized carbons (Fsp3) is 0.267. The third kappa shape index (κ3) is 3.18. The minimum atomic E-state index is 0.274. The number of hydrogen-bond acceptors (Lipinski definition) is 2. The topological polar surface area (TPSA) is 24.9 Å². The first kappa shape index (κ1) is 13.2. The van der Waals surface area contributed by atoms with E-state index < -0.39 is 0 Å². The lowest BCUT2D eigenvalue weighted by Crippen LogP contribution is -2.19. The van der Waals surface area contributed by atoms with Crippen LogP contribution in [0.25, 0.3) is 0 Å². The van der Waals surface area contributed by atoms with Crippen LogP contribution in [0.3, 0.4) is 0 Å². The quantitative estimate of drug-likeness (QED) is 0.932. The predicted octanol–water partition coefficient (Wildman–Crippen LogP) is 3.66. The Kier molecular flexibility index (Phi) is 4.50. The largest absolute Gasteiger partial charge is 0.313 e. The lowest BCUT2D eigenvalue weighted by atomic mass is 10.0. The Labute approximate surface area is 117 Å². The number of nitrogens with one attached hydrogen (secondary N) is 1. The molecule has 2 rings (SSSR count). The van der Waals surface area contributed by atoms with E-state index in [9.17, 15) is 0 Å². The van der Waals surface area contributed by atoms with Crippen LogP contribution in [0.2, 0.25) is 0 Å². The van der Waals surface area contributed by atoms with Crippen molar-refractivity contribution < 1.29 is 0 Å². The third-order valence-corrected chi connectivity index (χ3v) is 3.74. The van der Waals surface area contributed by atoms with Crippen LogP contribution in [-0.4, -0.2) is 12.0 Å². The molecule has 0 spiro atoms. The molecule has 0 aliphatic heterocycles. The van der Waals surface area contributed by atoms with Crippen LogP contribution in [0.15, 0.2) is 47.1 Å². The van der Waals surface area contributed by atoms with E-state index in [2.05, 4.69) is 63.5 Å². The first-order chi connectivity index (χ1) is 8.70. The highest BCUT2D eigenvalue weighted by Crippen LogP contribution is 2.25. The Morgan fingerprint density at radius 2 is 2.00 bits per heavy atom. The molecule has 1 unspecified atom stereocenters. The summed E-state index contributed by atoms with van der Waals surface area (Å²) in [5.74, 6) is 0. The van der Waals surface area contributed by atoms with Gasteiger partial charge in [0.05, 0.1) is 0 Å². The summed E-state index contributed by atoms with van der Waals surface area (Å²) in [7, 11) is 1.98. The van der Waals surface area contributed by atoms with Crippen LogP contribution in [0.4, 0.5) is 0 Å². The predicted molar refractivity (Wildman–Crippen MR) is 78.6 cm³/mol. The van der Waals surface area contributed by atoms with Gasteiger partial charge in [0, 0.05) is 28.8 Å². The highest BCUT2D eigenvalue weighted by atomic mass is 79.9. The molecule has 0 aliphatic rings. The van der Waals surface area contributed by atoms with Crippen LogP contribution < -0.4 is 5.32 Å². The maximum Gasteiger partial charge on any atom is 0.0422 e. The van der Waals surface area contributed by atoms with Gasteiger partial charge in [-0.2, -0.15) is 0 Å². The lowest BCUT2D eigenvalue weighted by molar-refractivity contribution is 0.582. The molecule has 3 heteroatoms. The highest BCUT2D eigenvalue weighted by Gasteiger charge is 2.13. The Bertz CT molecular complexity index is 508. The summed E-state index contributed by atoms with van der Waals surface area (Å²) in [4.78, 5) is 4.47. The minimum Gasteiger partial charge on any atom is -0.313 e. The second-order valence-corrected chi connectivity index (χ2v) is 5.25. The standard InChI is InChI=1S/C15H17BrN2/c1-11-7-8-12(18-10-11)9-15(17-2)13-5-3-4-6-14(13)16/h3-8,10,15,17H,9H2,1-2H3. The maximum atomic E-state index is 4.47. The molecular formula is C15H17BrN2. The number of pyridine rings is 1. The second-order valence-electron chi connectivity index (χ2n) is 4.39. The van der Waals surface area contributed by atoms with Crippen molar-refractivity contribution in [2.45, 2.75) is 19.4 Å². The van der Waals surface area contributed by atoms with E-state index in [1.54, 1.807) is 0 Å². The molecule has 1 aromatic carbocycles. The van der Waals surface area contributed by atoms with E-state index in [0.29, 0.717) is 0 Å². The SMILES string of the molecule is CNC(Cc1ccc(C)cn1)c1ccccc1Br. The molecule has 1 atom stereocenters. The van der Waals surface area contributed by atoms with Gasteiger partial charge >= 0.3 is 0 Å². The van der Waals surface area contributed by atoms with Gasteiger partial charge in [-0.3, -0.25) is 4.98 Å². The number of aromatic nitrogens is 1. The summed E-state index contributed by atoms with van der Waals surface area (Å²) in [6.07, 6.45) is 2.81. The summed E-state index contributed by atoms with van der Waals surface area (Å²) in [6, 6.07) is 12.8. The zero-order chi connectivity index (χ0) is 13.0. The monoisotopic (exact) mass is 304 g/mol. The van der Waals surface area contributed by atoms with Gasteiger partial charge in [0.15, 0.2) is 0 Å². The summed E-state index contributed by atoms with van der Waals surface area (Å²) >= 11 is 3.60. The van der Waals surface area contributed by atoms with Gasteiger partial charge in [0.2, 0.25) is 0 Å². The normalized spacial score (nSPS) is 12.4. The fourth-order valence-corrected chi connectivity index (χ4v) is 2.51. The third-order valence-electron chi connectivity index (χ3n) is 3.01. The van der Waals surface area contributed by atoms with Gasteiger partial charge in [-0.1, -0.05) is 40.2 Å². The molecule has 1 aromatic heterocycles. The molecule has 0 radical (unpaired) electrons. The molecule has 18 heavy (non-hydrogen) atoms. The molecule has 0 bridgehead atoms. The number of aryl methyl sites for hydroxylation is 1. The Morgan fingerprint density at radius 3 is 2.61 bits per heavy atom. The molecule has 94 valence electrons. The van der Waals surface area contributed by atoms with Gasteiger partial charge in [-0.25, -0.2) is 0 Å². The van der Waals surface area contributed by atoms with E-state index in [1.807, 2.05) is 19.3 Å². The Morgan fingerprint density at radius 1 is 1.22 bits per heavy atom. The van der Waals surface area contributed by atoms with E-state index in [0.717, 1.165) is 16.6 Å². The minimum absolute atomic E-state index is 0.274. The summed E-state index contributed by atoms with van der Waals surface area (Å²) < 4.78 is 1.14. The van der Waals surface area contributed by atoms with Crippen LogP contribution in [0.1, 0.15) is 22.9 Å². The smallest absolute Gasteiger partial charge is 0.0422 e. The first-order valence-electron chi connectivity index (χ1n) is 6.04. The molecule has 2 aromatic rings. The molecule has 2 nitrogen and oxygen atoms in total. The van der Waals surface area contributed by atoms with Gasteiger partial charge in [0.25, 0.3) is 0 Å². The number of halogens is 1. The molecular weight excluding hydrogens is 288 g/mol. The zero-order valence-corrected chi connectivity index (χ0v) is 12.2. The van der Waals surface area contributed by atoms with Crippen molar-refractivity contribution in [3.63, 3.8) is 0 Å². The zero-order valence-electron chi connectivity index (χ0n) is 10.7. The average Bonchev–Trinajstić information content (AvgIpc) is 2.39. The molecule has 0 aliphatic carbocycles. The van der Waals surface area contributed by atoms with Gasteiger partial charge in [-0.15, -0.1) is 0 Å². The van der Waals surface area contributed by atoms with Crippen LogP contribution in [0.5, 0.6) is 0 Å². The number of nitrogens with zero attached hydrogens (tertiary/aromatic N) is 1. The number of likely N-dealkylation sites (N-methyl/N-ethyl adjacent to an activating group) is 1. The Hall–Kier alpha value is -1.19. The number of rotatable bonds is 4. The number of hydrogen-bond donors (Lipinski definition) is 1. The lowest BCUT2D eigenvalue weighted by Gasteiger charge is -2.17. The Balaban J connectivity index is 2.20. The van der Waals surface area contributed by atoms with E-state index in [1.165, 1.54) is 11.1 Å². The van der Waals surface area contributed by atoms with Crippen LogP contribution in [0, 0.1) is 6.92 Å². The highest BCUT2D eigenvalue weighted by molar-refractivity contribution is 9.10. The molecule has 0 fully saturated rings. The fourth-order valence-electron chi connectivity index (χ4n) is 1.95. The molecule has 1 N–H and O–H groups in total. The maximum absolute atomic E-state index is 4.47. The van der Waals surface area contributed by atoms with Crippen molar-refractivity contribution in [3.05, 3.63) is 63.9 Å². The van der Waals surface area contributed by atoms with E-state index in [4.69, 9.17) is 0 Å². The van der Waals surface area contributed by atoms with Crippen LogP contribution in [-0.2, 0) is 6.42 Å². The van der Waals surface area contributed by atoms with Crippen LogP contribution >= 0.6 is 15.9 Å². The van der Waals surface area contributed by atoms with Gasteiger partial charge in [0.1, 0.15) is 0 Å². The first-order valence-corrected chi connectivity index (χ1v) is 6.83. The van der Waals surface area contributed by atoms with E-state index >= 15 is 0 Å².